The summed E-state index contributed by atoms with van der Waals surface area (Å²) in [6.45, 7) is -0.808. The fraction of sp³-hybridized carbons (Fsp3) is 0.417. The predicted molar refractivity (Wildman–Crippen MR) is 77.6 cm³/mol. The summed E-state index contributed by atoms with van der Waals surface area (Å²) in [5.41, 5.74) is 6.34. The van der Waals surface area contributed by atoms with Crippen molar-refractivity contribution in [1.82, 2.24) is 20.6 Å². The maximum absolute atomic E-state index is 11.5. The Morgan fingerprint density at radius 1 is 1.19 bits per heavy atom. The van der Waals surface area contributed by atoms with Gasteiger partial charge in [-0.2, -0.15) is 13.2 Å². The van der Waals surface area contributed by atoms with E-state index in [1.807, 2.05) is 0 Å². The summed E-state index contributed by atoms with van der Waals surface area (Å²) >= 11 is 0. The van der Waals surface area contributed by atoms with Gasteiger partial charge in [0.05, 0.1) is 18.9 Å². The Bertz CT molecular complexity index is 619. The van der Waals surface area contributed by atoms with Gasteiger partial charge in [0.1, 0.15) is 6.54 Å². The number of carboxylic acids is 2. The van der Waals surface area contributed by atoms with E-state index in [9.17, 15) is 27.6 Å². The maximum atomic E-state index is 11.5. The Balaban J connectivity index is 0.000000758. The molecule has 0 aliphatic heterocycles. The van der Waals surface area contributed by atoms with E-state index in [0.29, 0.717) is 5.69 Å². The van der Waals surface area contributed by atoms with E-state index in [1.165, 1.54) is 6.33 Å². The lowest BCUT2D eigenvalue weighted by molar-refractivity contribution is -0.192. The van der Waals surface area contributed by atoms with Crippen molar-refractivity contribution < 1.29 is 42.6 Å². The highest BCUT2D eigenvalue weighted by molar-refractivity contribution is 5.88. The fourth-order valence-corrected chi connectivity index (χ4v) is 1.26. The number of aromatic nitrogens is 2. The average Bonchev–Trinajstić information content (AvgIpc) is 3.03. The van der Waals surface area contributed by atoms with Gasteiger partial charge in [0.15, 0.2) is 0 Å². The van der Waals surface area contributed by atoms with E-state index in [1.54, 1.807) is 6.20 Å². The Hall–Kier alpha value is -3.16. The van der Waals surface area contributed by atoms with Crippen LogP contribution in [0.1, 0.15) is 5.69 Å². The van der Waals surface area contributed by atoms with E-state index in [4.69, 9.17) is 20.7 Å². The Kier molecular flexibility index (Phi) is 9.36. The summed E-state index contributed by atoms with van der Waals surface area (Å²) in [4.78, 5) is 48.4. The number of aliphatic carboxylic acids is 2. The summed E-state index contributed by atoms with van der Waals surface area (Å²) in [5, 5.41) is 19.9. The zero-order valence-electron chi connectivity index (χ0n) is 13.0. The molecule has 0 radical (unpaired) electrons. The average molecular weight is 383 g/mol. The molecule has 0 bridgehead atoms. The summed E-state index contributed by atoms with van der Waals surface area (Å²) in [5.74, 6) is -5.01. The highest BCUT2D eigenvalue weighted by Gasteiger charge is 2.38. The molecule has 0 aromatic carbocycles. The first kappa shape index (κ1) is 22.8. The predicted octanol–water partition coefficient (Wildman–Crippen LogP) is -1.77. The third kappa shape index (κ3) is 10.6. The lowest BCUT2D eigenvalue weighted by atomic mass is 10.1. The molecular weight excluding hydrogens is 367 g/mol. The van der Waals surface area contributed by atoms with Crippen LogP contribution in [0.25, 0.3) is 0 Å². The SMILES string of the molecule is N[C@@H](Cc1cnc[nH]1)C(=O)NCC(=O)NCC(=O)O.O=C(O)C(F)(F)F. The van der Waals surface area contributed by atoms with E-state index < -0.39 is 42.5 Å². The minimum atomic E-state index is -5.08. The van der Waals surface area contributed by atoms with Crippen LogP contribution in [-0.2, 0) is 25.6 Å². The number of nitrogens with two attached hydrogens (primary N) is 1. The molecule has 14 heteroatoms. The topological polar surface area (TPSA) is 187 Å². The van der Waals surface area contributed by atoms with Crippen LogP contribution in [-0.4, -0.2) is 69.2 Å². The van der Waals surface area contributed by atoms with Crippen molar-refractivity contribution in [2.45, 2.75) is 18.6 Å². The van der Waals surface area contributed by atoms with Crippen LogP contribution in [0, 0.1) is 0 Å². The van der Waals surface area contributed by atoms with Crippen molar-refractivity contribution in [3.8, 4) is 0 Å². The number of halogens is 3. The van der Waals surface area contributed by atoms with Gasteiger partial charge in [-0.05, 0) is 0 Å². The summed E-state index contributed by atoms with van der Waals surface area (Å²) < 4.78 is 31.7. The van der Waals surface area contributed by atoms with Crippen LogP contribution in [0.15, 0.2) is 12.5 Å². The molecule has 146 valence electrons. The van der Waals surface area contributed by atoms with E-state index in [2.05, 4.69) is 20.6 Å². The van der Waals surface area contributed by atoms with Gasteiger partial charge < -0.3 is 31.6 Å². The van der Waals surface area contributed by atoms with E-state index >= 15 is 0 Å². The van der Waals surface area contributed by atoms with Crippen molar-refractivity contribution >= 4 is 23.8 Å². The van der Waals surface area contributed by atoms with Crippen molar-refractivity contribution in [1.29, 1.82) is 0 Å². The molecule has 1 atom stereocenters. The van der Waals surface area contributed by atoms with Gasteiger partial charge in [0.2, 0.25) is 11.8 Å². The summed E-state index contributed by atoms with van der Waals surface area (Å²) in [7, 11) is 0. The first-order chi connectivity index (χ1) is 11.9. The second-order valence-corrected chi connectivity index (χ2v) is 4.58. The maximum Gasteiger partial charge on any atom is 0.490 e. The number of carbonyl (C=O) groups excluding carboxylic acids is 2. The first-order valence-corrected chi connectivity index (χ1v) is 6.72. The number of nitrogens with zero attached hydrogens (tertiary/aromatic N) is 1. The molecule has 0 spiro atoms. The van der Waals surface area contributed by atoms with Crippen molar-refractivity contribution in [2.24, 2.45) is 5.73 Å². The number of nitrogens with one attached hydrogen (secondary N) is 3. The Labute approximate surface area is 143 Å². The van der Waals surface area contributed by atoms with Gasteiger partial charge in [-0.3, -0.25) is 14.4 Å². The molecule has 11 nitrogen and oxygen atoms in total. The molecule has 7 N–H and O–H groups in total. The summed E-state index contributed by atoms with van der Waals surface area (Å²) in [6.07, 6.45) is -1.80. The number of imidazole rings is 1. The quantitative estimate of drug-likeness (QED) is 0.319. The molecule has 0 aliphatic carbocycles. The number of hydrogen-bond donors (Lipinski definition) is 6. The zero-order valence-corrected chi connectivity index (χ0v) is 13.0. The third-order valence-electron chi connectivity index (χ3n) is 2.43. The minimum Gasteiger partial charge on any atom is -0.480 e. The van der Waals surface area contributed by atoms with Crippen molar-refractivity contribution in [3.63, 3.8) is 0 Å². The Morgan fingerprint density at radius 3 is 2.19 bits per heavy atom. The van der Waals surface area contributed by atoms with Crippen LogP contribution in [0.2, 0.25) is 0 Å². The molecule has 2 amide bonds. The normalized spacial score (nSPS) is 11.5. The second kappa shape index (κ2) is 10.7. The number of rotatable bonds is 7. The smallest absolute Gasteiger partial charge is 0.480 e. The van der Waals surface area contributed by atoms with Crippen LogP contribution in [0.3, 0.4) is 0 Å². The highest BCUT2D eigenvalue weighted by Crippen LogP contribution is 2.13. The Morgan fingerprint density at radius 2 is 1.77 bits per heavy atom. The van der Waals surface area contributed by atoms with Gasteiger partial charge >= 0.3 is 18.1 Å². The van der Waals surface area contributed by atoms with Gasteiger partial charge in [-0.25, -0.2) is 9.78 Å². The van der Waals surface area contributed by atoms with Crippen molar-refractivity contribution in [2.75, 3.05) is 13.1 Å². The van der Waals surface area contributed by atoms with Crippen LogP contribution >= 0.6 is 0 Å². The molecule has 1 heterocycles. The highest BCUT2D eigenvalue weighted by atomic mass is 19.4. The van der Waals surface area contributed by atoms with Crippen LogP contribution in [0.5, 0.6) is 0 Å². The molecule has 0 aliphatic rings. The van der Waals surface area contributed by atoms with Crippen LogP contribution < -0.4 is 16.4 Å². The standard InChI is InChI=1S/C10H15N5O4.C2HF3O2/c11-7(1-6-2-12-5-15-6)10(19)14-3-8(16)13-4-9(17)18;3-2(4,5)1(6)7/h2,5,7H,1,3-4,11H2,(H,12,15)(H,13,16)(H,14,19)(H,17,18);(H,6,7)/t7-;/m0./s1. The molecule has 0 fully saturated rings. The second-order valence-electron chi connectivity index (χ2n) is 4.58. The molecule has 1 aromatic rings. The molecule has 0 saturated heterocycles. The number of carboxylic acid groups (broad SMARTS) is 2. The minimum absolute atomic E-state index is 0.266. The molecule has 26 heavy (non-hydrogen) atoms. The lowest BCUT2D eigenvalue weighted by Gasteiger charge is -2.11. The molecule has 1 aromatic heterocycles. The first-order valence-electron chi connectivity index (χ1n) is 6.72. The molecule has 0 saturated carbocycles. The van der Waals surface area contributed by atoms with Gasteiger partial charge in [0, 0.05) is 18.3 Å². The van der Waals surface area contributed by atoms with E-state index in [0.717, 1.165) is 0 Å². The lowest BCUT2D eigenvalue weighted by Crippen LogP contribution is -2.46. The van der Waals surface area contributed by atoms with Crippen molar-refractivity contribution in [3.05, 3.63) is 18.2 Å². The monoisotopic (exact) mass is 383 g/mol. The molecular formula is C12H16F3N5O6. The summed E-state index contributed by atoms with van der Waals surface area (Å²) in [6, 6.07) is -0.812. The van der Waals surface area contributed by atoms with E-state index in [-0.39, 0.29) is 13.0 Å². The van der Waals surface area contributed by atoms with Gasteiger partial charge in [0.25, 0.3) is 0 Å². The molecule has 0 unspecified atom stereocenters. The third-order valence-corrected chi connectivity index (χ3v) is 2.43. The fourth-order valence-electron chi connectivity index (χ4n) is 1.26. The largest absolute Gasteiger partial charge is 0.490 e. The number of alkyl halides is 3. The number of carbonyl (C=O) groups is 4. The number of amides is 2. The number of hydrogen-bond acceptors (Lipinski definition) is 6. The van der Waals surface area contributed by atoms with Gasteiger partial charge in [-0.1, -0.05) is 0 Å². The number of aromatic amines is 1. The zero-order chi connectivity index (χ0) is 20.3. The number of H-pyrrole nitrogens is 1. The molecule has 1 rings (SSSR count). The van der Waals surface area contributed by atoms with Crippen LogP contribution in [0.4, 0.5) is 13.2 Å². The van der Waals surface area contributed by atoms with Gasteiger partial charge in [-0.15, -0.1) is 0 Å².